The summed E-state index contributed by atoms with van der Waals surface area (Å²) < 4.78 is 0. The van der Waals surface area contributed by atoms with Gasteiger partial charge in [-0.15, -0.1) is 6.58 Å². The summed E-state index contributed by atoms with van der Waals surface area (Å²) in [6.07, 6.45) is 6.33. The largest absolute Gasteiger partial charge is 0.102 e. The molecule has 0 aromatic carbocycles. The predicted molar refractivity (Wildman–Crippen MR) is 57.5 cm³/mol. The number of rotatable bonds is 1. The van der Waals surface area contributed by atoms with Crippen LogP contribution in [0.15, 0.2) is 23.8 Å². The van der Waals surface area contributed by atoms with Gasteiger partial charge in [-0.25, -0.2) is 0 Å². The van der Waals surface area contributed by atoms with Crippen LogP contribution in [0.5, 0.6) is 0 Å². The molecular formula is C13H20. The van der Waals surface area contributed by atoms with Crippen molar-refractivity contribution in [2.45, 2.75) is 40.0 Å². The third-order valence-electron chi connectivity index (χ3n) is 4.63. The molecule has 72 valence electrons. The number of allylic oxidation sites excluding steroid dienone is 3. The zero-order chi connectivity index (χ0) is 9.64. The van der Waals surface area contributed by atoms with Gasteiger partial charge in [0.2, 0.25) is 0 Å². The maximum atomic E-state index is 4.01. The summed E-state index contributed by atoms with van der Waals surface area (Å²) in [5.41, 5.74) is 3.66. The zero-order valence-corrected chi connectivity index (χ0v) is 9.06. The quantitative estimate of drug-likeness (QED) is 0.531. The van der Waals surface area contributed by atoms with Crippen LogP contribution < -0.4 is 0 Å². The van der Waals surface area contributed by atoms with E-state index in [0.717, 1.165) is 11.8 Å². The Morgan fingerprint density at radius 3 is 2.69 bits per heavy atom. The summed E-state index contributed by atoms with van der Waals surface area (Å²) in [5, 5.41) is 0. The first-order chi connectivity index (χ1) is 6.09. The minimum Gasteiger partial charge on any atom is -0.102 e. The van der Waals surface area contributed by atoms with Gasteiger partial charge in [0.1, 0.15) is 0 Å². The van der Waals surface area contributed by atoms with Gasteiger partial charge in [0.25, 0.3) is 0 Å². The molecule has 1 saturated carbocycles. The molecule has 2 aliphatic rings. The molecule has 0 amide bonds. The van der Waals surface area contributed by atoms with Crippen molar-refractivity contribution < 1.29 is 0 Å². The van der Waals surface area contributed by atoms with Crippen molar-refractivity contribution in [3.05, 3.63) is 23.8 Å². The van der Waals surface area contributed by atoms with E-state index >= 15 is 0 Å². The maximum absolute atomic E-state index is 4.01. The SMILES string of the molecule is C=C[C@@]1(C)C(C)=C2CC[C@@H]2C[C@@H]1C. The first-order valence-corrected chi connectivity index (χ1v) is 5.43. The normalized spacial score (nSPS) is 43.9. The lowest BCUT2D eigenvalue weighted by Crippen LogP contribution is -2.36. The lowest BCUT2D eigenvalue weighted by molar-refractivity contribution is 0.208. The average molecular weight is 176 g/mol. The molecule has 13 heavy (non-hydrogen) atoms. The molecule has 0 bridgehead atoms. The van der Waals surface area contributed by atoms with Crippen LogP contribution in [-0.2, 0) is 0 Å². The highest BCUT2D eigenvalue weighted by atomic mass is 14.5. The Bertz CT molecular complexity index is 272. The number of fused-ring (bicyclic) bond motifs is 1. The highest BCUT2D eigenvalue weighted by Crippen LogP contribution is 2.54. The van der Waals surface area contributed by atoms with Gasteiger partial charge < -0.3 is 0 Å². The average Bonchev–Trinajstić information content (AvgIpc) is 2.08. The summed E-state index contributed by atoms with van der Waals surface area (Å²) in [5.74, 6) is 1.71. The van der Waals surface area contributed by atoms with Crippen LogP contribution in [0.3, 0.4) is 0 Å². The van der Waals surface area contributed by atoms with Gasteiger partial charge >= 0.3 is 0 Å². The van der Waals surface area contributed by atoms with Crippen molar-refractivity contribution in [1.29, 1.82) is 0 Å². The Balaban J connectivity index is 2.42. The van der Waals surface area contributed by atoms with E-state index in [2.05, 4.69) is 33.4 Å². The van der Waals surface area contributed by atoms with Crippen LogP contribution in [0.1, 0.15) is 40.0 Å². The molecule has 0 heteroatoms. The van der Waals surface area contributed by atoms with Crippen molar-refractivity contribution in [3.63, 3.8) is 0 Å². The van der Waals surface area contributed by atoms with E-state index < -0.39 is 0 Å². The second-order valence-corrected chi connectivity index (χ2v) is 5.01. The Kier molecular flexibility index (Phi) is 1.90. The van der Waals surface area contributed by atoms with Gasteiger partial charge in [0, 0.05) is 5.41 Å². The van der Waals surface area contributed by atoms with Crippen molar-refractivity contribution in [3.8, 4) is 0 Å². The van der Waals surface area contributed by atoms with E-state index in [-0.39, 0.29) is 5.41 Å². The Labute approximate surface area is 81.7 Å². The lowest BCUT2D eigenvalue weighted by atomic mass is 9.57. The Hall–Kier alpha value is -0.520. The fourth-order valence-corrected chi connectivity index (χ4v) is 2.99. The molecule has 0 spiro atoms. The smallest absolute Gasteiger partial charge is 0.00856 e. The molecule has 0 nitrogen and oxygen atoms in total. The first kappa shape index (κ1) is 9.05. The van der Waals surface area contributed by atoms with E-state index in [9.17, 15) is 0 Å². The topological polar surface area (TPSA) is 0 Å². The summed E-state index contributed by atoms with van der Waals surface area (Å²) in [7, 11) is 0. The Morgan fingerprint density at radius 2 is 2.23 bits per heavy atom. The molecular weight excluding hydrogens is 156 g/mol. The van der Waals surface area contributed by atoms with Crippen molar-refractivity contribution in [2.75, 3.05) is 0 Å². The minimum absolute atomic E-state index is 0.284. The summed E-state index contributed by atoms with van der Waals surface area (Å²) in [6, 6.07) is 0. The molecule has 0 heterocycles. The van der Waals surface area contributed by atoms with Gasteiger partial charge in [-0.05, 0) is 38.0 Å². The molecule has 1 fully saturated rings. The van der Waals surface area contributed by atoms with E-state index in [1.807, 2.05) is 0 Å². The van der Waals surface area contributed by atoms with E-state index in [1.165, 1.54) is 19.3 Å². The molecule has 2 aliphatic carbocycles. The van der Waals surface area contributed by atoms with Crippen LogP contribution in [0.25, 0.3) is 0 Å². The van der Waals surface area contributed by atoms with Crippen LogP contribution >= 0.6 is 0 Å². The molecule has 0 unspecified atom stereocenters. The predicted octanol–water partition coefficient (Wildman–Crippen LogP) is 3.95. The van der Waals surface area contributed by atoms with Gasteiger partial charge in [-0.2, -0.15) is 0 Å². The maximum Gasteiger partial charge on any atom is 0.00856 e. The molecule has 2 rings (SSSR count). The standard InChI is InChI=1S/C13H20/c1-5-13(4)9(2)8-11-6-7-12(11)10(13)3/h5,9,11H,1,6-8H2,2-4H3/t9-,11+,13+/m0/s1. The third kappa shape index (κ3) is 1.04. The Morgan fingerprint density at radius 1 is 1.54 bits per heavy atom. The van der Waals surface area contributed by atoms with Crippen molar-refractivity contribution in [1.82, 2.24) is 0 Å². The summed E-state index contributed by atoms with van der Waals surface area (Å²) >= 11 is 0. The minimum atomic E-state index is 0.284. The van der Waals surface area contributed by atoms with E-state index in [4.69, 9.17) is 0 Å². The second kappa shape index (κ2) is 2.73. The third-order valence-corrected chi connectivity index (χ3v) is 4.63. The lowest BCUT2D eigenvalue weighted by Gasteiger charge is -2.48. The first-order valence-electron chi connectivity index (χ1n) is 5.43. The van der Waals surface area contributed by atoms with Gasteiger partial charge in [0.05, 0.1) is 0 Å². The molecule has 0 saturated heterocycles. The van der Waals surface area contributed by atoms with Crippen LogP contribution in [0.2, 0.25) is 0 Å². The van der Waals surface area contributed by atoms with Crippen LogP contribution in [0.4, 0.5) is 0 Å². The molecule has 3 atom stereocenters. The number of hydrogen-bond acceptors (Lipinski definition) is 0. The highest BCUT2D eigenvalue weighted by molar-refractivity contribution is 5.34. The molecule has 0 aliphatic heterocycles. The molecule has 0 N–H and O–H groups in total. The van der Waals surface area contributed by atoms with E-state index in [0.29, 0.717) is 0 Å². The number of hydrogen-bond donors (Lipinski definition) is 0. The zero-order valence-electron chi connectivity index (χ0n) is 9.06. The molecule has 0 aromatic rings. The van der Waals surface area contributed by atoms with Gasteiger partial charge in [-0.3, -0.25) is 0 Å². The molecule has 0 aromatic heterocycles. The summed E-state index contributed by atoms with van der Waals surface area (Å²) in [6.45, 7) is 11.0. The summed E-state index contributed by atoms with van der Waals surface area (Å²) in [4.78, 5) is 0. The highest BCUT2D eigenvalue weighted by Gasteiger charge is 2.42. The van der Waals surface area contributed by atoms with E-state index in [1.54, 1.807) is 11.1 Å². The van der Waals surface area contributed by atoms with Crippen LogP contribution in [0, 0.1) is 17.3 Å². The fourth-order valence-electron chi connectivity index (χ4n) is 2.99. The monoisotopic (exact) mass is 176 g/mol. The van der Waals surface area contributed by atoms with Gasteiger partial charge in [-0.1, -0.05) is 31.1 Å². The van der Waals surface area contributed by atoms with Crippen LogP contribution in [-0.4, -0.2) is 0 Å². The molecule has 0 radical (unpaired) electrons. The fraction of sp³-hybridized carbons (Fsp3) is 0.692. The van der Waals surface area contributed by atoms with Crippen molar-refractivity contribution >= 4 is 0 Å². The van der Waals surface area contributed by atoms with Gasteiger partial charge in [0.15, 0.2) is 0 Å². The second-order valence-electron chi connectivity index (χ2n) is 5.01. The van der Waals surface area contributed by atoms with Crippen molar-refractivity contribution in [2.24, 2.45) is 17.3 Å².